The summed E-state index contributed by atoms with van der Waals surface area (Å²) in [5.74, 6) is 1.65. The van der Waals surface area contributed by atoms with Gasteiger partial charge in [0.05, 0.1) is 0 Å². The number of fused-ring (bicyclic) bond motifs is 1. The van der Waals surface area contributed by atoms with Gasteiger partial charge < -0.3 is 15.3 Å². The minimum Gasteiger partial charge on any atom is -0.480 e. The number of piperidine rings is 1. The molecule has 6 heteroatoms. The first kappa shape index (κ1) is 24.7. The average molecular weight is 465 g/mol. The smallest absolute Gasteiger partial charge is 0.325 e. The highest BCUT2D eigenvalue weighted by Crippen LogP contribution is 2.31. The Balaban J connectivity index is 0.00000133. The van der Waals surface area contributed by atoms with Gasteiger partial charge in [-0.25, -0.2) is 4.98 Å². The van der Waals surface area contributed by atoms with Gasteiger partial charge in [0.25, 0.3) is 0 Å². The molecule has 3 aliphatic rings. The van der Waals surface area contributed by atoms with Crippen LogP contribution >= 0.6 is 0 Å². The summed E-state index contributed by atoms with van der Waals surface area (Å²) in [5, 5.41) is 13.2. The third-order valence-corrected chi connectivity index (χ3v) is 7.37. The molecule has 2 aromatic rings. The van der Waals surface area contributed by atoms with E-state index in [1.54, 1.807) is 0 Å². The van der Waals surface area contributed by atoms with E-state index in [2.05, 4.69) is 27.2 Å². The number of nitrogens with one attached hydrogen (secondary N) is 1. The van der Waals surface area contributed by atoms with Crippen molar-refractivity contribution in [3.8, 4) is 0 Å². The van der Waals surface area contributed by atoms with Crippen molar-refractivity contribution in [3.05, 3.63) is 59.3 Å². The molecule has 4 heterocycles. The van der Waals surface area contributed by atoms with Crippen molar-refractivity contribution in [1.29, 1.82) is 0 Å². The van der Waals surface area contributed by atoms with Gasteiger partial charge in [0.2, 0.25) is 0 Å². The van der Waals surface area contributed by atoms with Crippen LogP contribution in [-0.2, 0) is 17.6 Å². The normalized spacial score (nSPS) is 20.3. The number of hydrogen-bond donors (Lipinski definition) is 2. The third kappa shape index (κ3) is 5.97. The number of pyridine rings is 1. The van der Waals surface area contributed by atoms with Gasteiger partial charge in [-0.2, -0.15) is 0 Å². The first-order valence-electron chi connectivity index (χ1n) is 13.1. The van der Waals surface area contributed by atoms with Crippen LogP contribution in [0, 0.1) is 11.8 Å². The van der Waals surface area contributed by atoms with Gasteiger partial charge in [0.15, 0.2) is 0 Å². The van der Waals surface area contributed by atoms with E-state index in [0.717, 1.165) is 63.5 Å². The number of carboxylic acid groups (broad SMARTS) is 1. The molecule has 1 unspecified atom stereocenters. The SMILES string of the molecule is CC.O=C(O)C(c1ccccc1)N1CC(CN2CCC(Cc3ccc4c(n3)NCCC4)CC2)C1. The lowest BCUT2D eigenvalue weighted by molar-refractivity contribution is -0.147. The fourth-order valence-corrected chi connectivity index (χ4v) is 5.60. The summed E-state index contributed by atoms with van der Waals surface area (Å²) in [5.41, 5.74) is 3.47. The molecule has 0 radical (unpaired) electrons. The van der Waals surface area contributed by atoms with E-state index in [0.29, 0.717) is 11.8 Å². The van der Waals surface area contributed by atoms with Gasteiger partial charge in [-0.3, -0.25) is 9.69 Å². The fraction of sp³-hybridized carbons (Fsp3) is 0.571. The Labute approximate surface area is 204 Å². The van der Waals surface area contributed by atoms with Crippen molar-refractivity contribution < 1.29 is 9.90 Å². The second-order valence-electron chi connectivity index (χ2n) is 9.76. The molecule has 1 atom stereocenters. The first-order valence-corrected chi connectivity index (χ1v) is 13.1. The first-order chi connectivity index (χ1) is 16.7. The van der Waals surface area contributed by atoms with Crippen LogP contribution in [0.5, 0.6) is 0 Å². The van der Waals surface area contributed by atoms with Gasteiger partial charge in [-0.15, -0.1) is 0 Å². The Morgan fingerprint density at radius 3 is 2.53 bits per heavy atom. The van der Waals surface area contributed by atoms with Crippen molar-refractivity contribution in [1.82, 2.24) is 14.8 Å². The van der Waals surface area contributed by atoms with Gasteiger partial charge in [0, 0.05) is 31.9 Å². The minimum atomic E-state index is -0.749. The number of rotatable bonds is 7. The molecule has 1 aromatic carbocycles. The van der Waals surface area contributed by atoms with E-state index in [9.17, 15) is 9.90 Å². The van der Waals surface area contributed by atoms with Gasteiger partial charge >= 0.3 is 5.97 Å². The average Bonchev–Trinajstić information content (AvgIpc) is 2.85. The highest BCUT2D eigenvalue weighted by atomic mass is 16.4. The number of hydrogen-bond acceptors (Lipinski definition) is 5. The standard InChI is InChI=1S/C26H34N4O2.C2H6/c31-26(32)24(21-5-2-1-3-6-21)30-17-20(18-30)16-29-13-10-19(11-14-29)15-23-9-8-22-7-4-12-27-25(22)28-23;1-2/h1-3,5-6,8-9,19-20,24H,4,7,10-18H2,(H,27,28)(H,31,32);1-2H3. The number of carboxylic acids is 1. The molecule has 2 saturated heterocycles. The lowest BCUT2D eigenvalue weighted by atomic mass is 9.89. The van der Waals surface area contributed by atoms with Gasteiger partial charge in [-0.1, -0.05) is 50.2 Å². The maximum Gasteiger partial charge on any atom is 0.325 e. The highest BCUT2D eigenvalue weighted by molar-refractivity contribution is 5.75. The monoisotopic (exact) mass is 464 g/mol. The minimum absolute atomic E-state index is 0.517. The molecule has 0 amide bonds. The lowest BCUT2D eigenvalue weighted by Crippen LogP contribution is -2.54. The summed E-state index contributed by atoms with van der Waals surface area (Å²) in [6.07, 6.45) is 5.88. The second-order valence-corrected chi connectivity index (χ2v) is 9.76. The van der Waals surface area contributed by atoms with E-state index < -0.39 is 12.0 Å². The van der Waals surface area contributed by atoms with E-state index in [4.69, 9.17) is 4.98 Å². The van der Waals surface area contributed by atoms with Gasteiger partial charge in [0.1, 0.15) is 11.9 Å². The summed E-state index contributed by atoms with van der Waals surface area (Å²) in [6.45, 7) is 10.2. The molecule has 0 saturated carbocycles. The number of likely N-dealkylation sites (tertiary alicyclic amines) is 2. The quantitative estimate of drug-likeness (QED) is 0.630. The zero-order valence-electron chi connectivity index (χ0n) is 20.7. The largest absolute Gasteiger partial charge is 0.480 e. The van der Waals surface area contributed by atoms with Crippen molar-refractivity contribution in [2.75, 3.05) is 44.6 Å². The number of aryl methyl sites for hydroxylation is 1. The van der Waals surface area contributed by atoms with Crippen LogP contribution in [0.25, 0.3) is 0 Å². The second kappa shape index (κ2) is 11.8. The molecular weight excluding hydrogens is 424 g/mol. The maximum absolute atomic E-state index is 11.8. The fourth-order valence-electron chi connectivity index (χ4n) is 5.60. The predicted molar refractivity (Wildman–Crippen MR) is 137 cm³/mol. The van der Waals surface area contributed by atoms with Crippen LogP contribution < -0.4 is 5.32 Å². The molecule has 0 aliphatic carbocycles. The van der Waals surface area contributed by atoms with Crippen molar-refractivity contribution >= 4 is 11.8 Å². The molecule has 184 valence electrons. The van der Waals surface area contributed by atoms with E-state index in [-0.39, 0.29) is 0 Å². The van der Waals surface area contributed by atoms with E-state index in [1.165, 1.54) is 30.5 Å². The number of aromatic nitrogens is 1. The summed E-state index contributed by atoms with van der Waals surface area (Å²) < 4.78 is 0. The Bertz CT molecular complexity index is 921. The van der Waals surface area contributed by atoms with Crippen LogP contribution in [0.4, 0.5) is 5.82 Å². The molecule has 2 fully saturated rings. The van der Waals surface area contributed by atoms with Crippen LogP contribution in [0.3, 0.4) is 0 Å². The Morgan fingerprint density at radius 2 is 1.82 bits per heavy atom. The van der Waals surface area contributed by atoms with Crippen LogP contribution in [0.15, 0.2) is 42.5 Å². The van der Waals surface area contributed by atoms with Gasteiger partial charge in [-0.05, 0) is 74.2 Å². The Morgan fingerprint density at radius 1 is 1.09 bits per heavy atom. The molecule has 6 nitrogen and oxygen atoms in total. The summed E-state index contributed by atoms with van der Waals surface area (Å²) in [7, 11) is 0. The molecule has 2 N–H and O–H groups in total. The molecule has 0 bridgehead atoms. The molecular formula is C28H40N4O2. The van der Waals surface area contributed by atoms with Crippen LogP contribution in [-0.4, -0.2) is 65.1 Å². The molecule has 0 spiro atoms. The number of aliphatic carboxylic acids is 1. The third-order valence-electron chi connectivity index (χ3n) is 7.37. The number of carbonyl (C=O) groups is 1. The van der Waals surface area contributed by atoms with E-state index >= 15 is 0 Å². The van der Waals surface area contributed by atoms with Crippen molar-refractivity contribution in [2.45, 2.75) is 52.0 Å². The molecule has 34 heavy (non-hydrogen) atoms. The molecule has 1 aromatic heterocycles. The van der Waals surface area contributed by atoms with Crippen LogP contribution in [0.2, 0.25) is 0 Å². The maximum atomic E-state index is 11.8. The number of anilines is 1. The molecule has 3 aliphatic heterocycles. The zero-order valence-corrected chi connectivity index (χ0v) is 20.7. The Kier molecular flexibility index (Phi) is 8.57. The summed E-state index contributed by atoms with van der Waals surface area (Å²) in [6, 6.07) is 13.6. The lowest BCUT2D eigenvalue weighted by Gasteiger charge is -2.45. The number of benzene rings is 1. The molecule has 5 rings (SSSR count). The summed E-state index contributed by atoms with van der Waals surface area (Å²) in [4.78, 5) is 21.4. The van der Waals surface area contributed by atoms with Crippen molar-refractivity contribution in [2.24, 2.45) is 11.8 Å². The van der Waals surface area contributed by atoms with Crippen LogP contribution in [0.1, 0.15) is 56.0 Å². The zero-order chi connectivity index (χ0) is 23.9. The summed E-state index contributed by atoms with van der Waals surface area (Å²) >= 11 is 0. The Hall–Kier alpha value is -2.44. The number of nitrogens with zero attached hydrogens (tertiary/aromatic N) is 3. The highest BCUT2D eigenvalue weighted by Gasteiger charge is 2.38. The topological polar surface area (TPSA) is 68.7 Å². The van der Waals surface area contributed by atoms with Crippen molar-refractivity contribution in [3.63, 3.8) is 0 Å². The predicted octanol–water partition coefficient (Wildman–Crippen LogP) is 4.48. The van der Waals surface area contributed by atoms with E-state index in [1.807, 2.05) is 44.2 Å².